The predicted molar refractivity (Wildman–Crippen MR) is 73.1 cm³/mol. The highest BCUT2D eigenvalue weighted by molar-refractivity contribution is 5.68. The molecule has 0 aromatic carbocycles. The third-order valence-electron chi connectivity index (χ3n) is 3.69. The van der Waals surface area contributed by atoms with Crippen LogP contribution < -0.4 is 5.32 Å². The van der Waals surface area contributed by atoms with Crippen molar-refractivity contribution in [1.82, 2.24) is 10.2 Å². The summed E-state index contributed by atoms with van der Waals surface area (Å²) >= 11 is 0. The number of rotatable bonds is 1. The molecule has 0 saturated carbocycles. The summed E-state index contributed by atoms with van der Waals surface area (Å²) in [6.07, 6.45) is 1.98. The Morgan fingerprint density at radius 1 is 1.32 bits per heavy atom. The average molecular weight is 270 g/mol. The van der Waals surface area contributed by atoms with Gasteiger partial charge in [-0.15, -0.1) is 0 Å². The molecule has 2 aliphatic rings. The van der Waals surface area contributed by atoms with Gasteiger partial charge in [-0.05, 0) is 39.5 Å². The van der Waals surface area contributed by atoms with Crippen LogP contribution in [0.4, 0.5) is 4.79 Å². The Balaban J connectivity index is 1.87. The number of hydrogen-bond donors (Lipinski definition) is 1. The third kappa shape index (κ3) is 4.35. The molecule has 2 aliphatic heterocycles. The van der Waals surface area contributed by atoms with Gasteiger partial charge in [0.05, 0.1) is 0 Å². The minimum atomic E-state index is -0.421. The molecule has 5 nitrogen and oxygen atoms in total. The van der Waals surface area contributed by atoms with Crippen molar-refractivity contribution in [3.05, 3.63) is 0 Å². The van der Waals surface area contributed by atoms with Crippen LogP contribution in [0.1, 0.15) is 33.6 Å². The Bertz CT molecular complexity index is 308. The number of nitrogens with one attached hydrogen (secondary N) is 1. The second-order valence-corrected chi connectivity index (χ2v) is 6.44. The smallest absolute Gasteiger partial charge is 0.410 e. The van der Waals surface area contributed by atoms with Crippen LogP contribution in [0.2, 0.25) is 0 Å². The fourth-order valence-corrected chi connectivity index (χ4v) is 2.70. The van der Waals surface area contributed by atoms with Gasteiger partial charge >= 0.3 is 6.09 Å². The van der Waals surface area contributed by atoms with Crippen LogP contribution in [0.25, 0.3) is 0 Å². The number of carbonyl (C=O) groups is 1. The van der Waals surface area contributed by atoms with Crippen molar-refractivity contribution in [3.63, 3.8) is 0 Å². The molecular formula is C14H26N2O3. The molecule has 5 heteroatoms. The lowest BCUT2D eigenvalue weighted by molar-refractivity contribution is 0.00912. The molecule has 1 N–H and O–H groups in total. The van der Waals surface area contributed by atoms with E-state index in [1.165, 1.54) is 0 Å². The molecule has 2 heterocycles. The van der Waals surface area contributed by atoms with Crippen molar-refractivity contribution in [1.29, 1.82) is 0 Å². The molecule has 19 heavy (non-hydrogen) atoms. The number of hydrogen-bond acceptors (Lipinski definition) is 4. The summed E-state index contributed by atoms with van der Waals surface area (Å²) in [6.45, 7) is 9.73. The third-order valence-corrected chi connectivity index (χ3v) is 3.69. The molecule has 0 aromatic rings. The average Bonchev–Trinajstić information content (AvgIpc) is 2.38. The van der Waals surface area contributed by atoms with Gasteiger partial charge in [0.25, 0.3) is 0 Å². The molecule has 110 valence electrons. The summed E-state index contributed by atoms with van der Waals surface area (Å²) in [5.41, 5.74) is -0.421. The molecule has 0 aromatic heterocycles. The molecule has 2 fully saturated rings. The van der Waals surface area contributed by atoms with E-state index in [1.807, 2.05) is 25.7 Å². The fourth-order valence-electron chi connectivity index (χ4n) is 2.70. The molecule has 1 amide bonds. The van der Waals surface area contributed by atoms with E-state index in [0.717, 1.165) is 45.7 Å². The Morgan fingerprint density at radius 3 is 2.63 bits per heavy atom. The van der Waals surface area contributed by atoms with Gasteiger partial charge in [-0.3, -0.25) is 0 Å². The first-order chi connectivity index (χ1) is 8.96. The summed E-state index contributed by atoms with van der Waals surface area (Å²) in [4.78, 5) is 13.9. The molecule has 1 atom stereocenters. The maximum atomic E-state index is 12.1. The van der Waals surface area contributed by atoms with Gasteiger partial charge in [-0.2, -0.15) is 0 Å². The van der Waals surface area contributed by atoms with Crippen LogP contribution >= 0.6 is 0 Å². The summed E-state index contributed by atoms with van der Waals surface area (Å²) in [7, 11) is 0. The van der Waals surface area contributed by atoms with E-state index < -0.39 is 5.60 Å². The Morgan fingerprint density at radius 2 is 2.00 bits per heavy atom. The molecule has 2 saturated heterocycles. The standard InChI is InChI=1S/C14H26N2O3/c1-14(2,3)19-13(17)16-7-6-15-12(10-16)11-4-8-18-9-5-11/h11-12,15H,4-10H2,1-3H3. The van der Waals surface area contributed by atoms with Gasteiger partial charge in [0.1, 0.15) is 5.60 Å². The first kappa shape index (κ1) is 14.6. The van der Waals surface area contributed by atoms with Crippen LogP contribution in [0, 0.1) is 5.92 Å². The highest BCUT2D eigenvalue weighted by Crippen LogP contribution is 2.21. The predicted octanol–water partition coefficient (Wildman–Crippen LogP) is 1.62. The fraction of sp³-hybridized carbons (Fsp3) is 0.929. The van der Waals surface area contributed by atoms with E-state index in [0.29, 0.717) is 12.0 Å². The lowest BCUT2D eigenvalue weighted by Crippen LogP contribution is -2.56. The van der Waals surface area contributed by atoms with Gasteiger partial charge in [0.15, 0.2) is 0 Å². The monoisotopic (exact) mass is 270 g/mol. The molecule has 0 spiro atoms. The van der Waals surface area contributed by atoms with E-state index in [-0.39, 0.29) is 6.09 Å². The van der Waals surface area contributed by atoms with Crippen LogP contribution in [0.5, 0.6) is 0 Å². The van der Waals surface area contributed by atoms with Crippen molar-refractivity contribution in [2.45, 2.75) is 45.3 Å². The topological polar surface area (TPSA) is 50.8 Å². The minimum Gasteiger partial charge on any atom is -0.444 e. The molecule has 0 bridgehead atoms. The van der Waals surface area contributed by atoms with E-state index in [9.17, 15) is 4.79 Å². The number of piperazine rings is 1. The molecular weight excluding hydrogens is 244 g/mol. The van der Waals surface area contributed by atoms with E-state index in [4.69, 9.17) is 9.47 Å². The minimum absolute atomic E-state index is 0.189. The largest absolute Gasteiger partial charge is 0.444 e. The molecule has 1 unspecified atom stereocenters. The van der Waals surface area contributed by atoms with Gasteiger partial charge < -0.3 is 19.7 Å². The van der Waals surface area contributed by atoms with Crippen LogP contribution in [-0.4, -0.2) is 55.5 Å². The first-order valence-electron chi connectivity index (χ1n) is 7.25. The number of nitrogens with zero attached hydrogens (tertiary/aromatic N) is 1. The zero-order valence-electron chi connectivity index (χ0n) is 12.3. The Kier molecular flexibility index (Phi) is 4.68. The molecule has 0 radical (unpaired) electrons. The second kappa shape index (κ2) is 6.09. The highest BCUT2D eigenvalue weighted by Gasteiger charge is 2.32. The maximum absolute atomic E-state index is 12.1. The van der Waals surface area contributed by atoms with Gasteiger partial charge in [0, 0.05) is 38.9 Å². The van der Waals surface area contributed by atoms with Crippen LogP contribution in [-0.2, 0) is 9.47 Å². The summed E-state index contributed by atoms with van der Waals surface area (Å²) in [5.74, 6) is 0.610. The zero-order valence-corrected chi connectivity index (χ0v) is 12.3. The van der Waals surface area contributed by atoms with Crippen LogP contribution in [0.3, 0.4) is 0 Å². The second-order valence-electron chi connectivity index (χ2n) is 6.44. The highest BCUT2D eigenvalue weighted by atomic mass is 16.6. The Hall–Kier alpha value is -0.810. The zero-order chi connectivity index (χ0) is 13.9. The lowest BCUT2D eigenvalue weighted by Gasteiger charge is -2.39. The summed E-state index contributed by atoms with van der Waals surface area (Å²) < 4.78 is 10.8. The van der Waals surface area contributed by atoms with E-state index in [1.54, 1.807) is 0 Å². The van der Waals surface area contributed by atoms with E-state index in [2.05, 4.69) is 5.32 Å². The first-order valence-corrected chi connectivity index (χ1v) is 7.25. The number of ether oxygens (including phenoxy) is 2. The number of amides is 1. The van der Waals surface area contributed by atoms with Crippen molar-refractivity contribution in [2.75, 3.05) is 32.8 Å². The summed E-state index contributed by atoms with van der Waals surface area (Å²) in [5, 5.41) is 3.53. The quantitative estimate of drug-likeness (QED) is 0.786. The van der Waals surface area contributed by atoms with Crippen molar-refractivity contribution in [2.24, 2.45) is 5.92 Å². The molecule has 2 rings (SSSR count). The van der Waals surface area contributed by atoms with Gasteiger partial charge in [-0.25, -0.2) is 4.79 Å². The van der Waals surface area contributed by atoms with Crippen LogP contribution in [0.15, 0.2) is 0 Å². The maximum Gasteiger partial charge on any atom is 0.410 e. The number of carbonyl (C=O) groups excluding carboxylic acids is 1. The summed E-state index contributed by atoms with van der Waals surface area (Å²) in [6, 6.07) is 0.380. The Labute approximate surface area is 115 Å². The normalized spacial score (nSPS) is 26.3. The SMILES string of the molecule is CC(C)(C)OC(=O)N1CCNC(C2CCOCC2)C1. The van der Waals surface area contributed by atoms with Gasteiger partial charge in [0.2, 0.25) is 0 Å². The van der Waals surface area contributed by atoms with Gasteiger partial charge in [-0.1, -0.05) is 0 Å². The van der Waals surface area contributed by atoms with Crippen molar-refractivity contribution in [3.8, 4) is 0 Å². The van der Waals surface area contributed by atoms with Crippen molar-refractivity contribution >= 4 is 6.09 Å². The lowest BCUT2D eigenvalue weighted by atomic mass is 9.90. The van der Waals surface area contributed by atoms with E-state index >= 15 is 0 Å². The molecule has 0 aliphatic carbocycles. The van der Waals surface area contributed by atoms with Crippen molar-refractivity contribution < 1.29 is 14.3 Å².